The van der Waals surface area contributed by atoms with Crippen LogP contribution >= 0.6 is 0 Å². The Labute approximate surface area is 106 Å². The lowest BCUT2D eigenvalue weighted by atomic mass is 10.2. The Morgan fingerprint density at radius 3 is 2.67 bits per heavy atom. The largest absolute Gasteiger partial charge is 0.484 e. The Balaban J connectivity index is 2.23. The standard InChI is InChI=1S/C13H16N2O3/c14-9-11-3-5-12(6-4-11)18-10-13(17)15-7-1-2-8-16/h3-6,16H,1-2,7-8,10H2,(H,15,17). The van der Waals surface area contributed by atoms with Gasteiger partial charge in [0.05, 0.1) is 11.6 Å². The van der Waals surface area contributed by atoms with Gasteiger partial charge in [-0.2, -0.15) is 5.26 Å². The van der Waals surface area contributed by atoms with Crippen molar-refractivity contribution < 1.29 is 14.6 Å². The van der Waals surface area contributed by atoms with Gasteiger partial charge < -0.3 is 15.2 Å². The molecule has 0 radical (unpaired) electrons. The summed E-state index contributed by atoms with van der Waals surface area (Å²) in [6, 6.07) is 8.57. The van der Waals surface area contributed by atoms with Gasteiger partial charge in [-0.1, -0.05) is 0 Å². The van der Waals surface area contributed by atoms with E-state index in [-0.39, 0.29) is 19.1 Å². The van der Waals surface area contributed by atoms with E-state index in [2.05, 4.69) is 5.32 Å². The van der Waals surface area contributed by atoms with Crippen molar-refractivity contribution in [2.24, 2.45) is 0 Å². The second-order valence-corrected chi connectivity index (χ2v) is 3.71. The molecule has 0 spiro atoms. The minimum absolute atomic E-state index is 0.0506. The zero-order valence-electron chi connectivity index (χ0n) is 10.1. The molecule has 1 amide bonds. The Morgan fingerprint density at radius 2 is 2.06 bits per heavy atom. The van der Waals surface area contributed by atoms with Gasteiger partial charge in [-0.3, -0.25) is 4.79 Å². The van der Waals surface area contributed by atoms with Crippen LogP contribution in [0.1, 0.15) is 18.4 Å². The van der Waals surface area contributed by atoms with E-state index in [0.717, 1.165) is 6.42 Å². The van der Waals surface area contributed by atoms with Gasteiger partial charge in [0.2, 0.25) is 0 Å². The number of unbranched alkanes of at least 4 members (excludes halogenated alkanes) is 1. The van der Waals surface area contributed by atoms with Gasteiger partial charge in [-0.05, 0) is 37.1 Å². The molecule has 0 saturated heterocycles. The Morgan fingerprint density at radius 1 is 1.33 bits per heavy atom. The van der Waals surface area contributed by atoms with Crippen LogP contribution in [0, 0.1) is 11.3 Å². The van der Waals surface area contributed by atoms with E-state index in [9.17, 15) is 4.79 Å². The van der Waals surface area contributed by atoms with E-state index in [1.807, 2.05) is 6.07 Å². The molecule has 0 unspecified atom stereocenters. The van der Waals surface area contributed by atoms with Crippen LogP contribution in [0.3, 0.4) is 0 Å². The summed E-state index contributed by atoms with van der Waals surface area (Å²) < 4.78 is 5.25. The molecule has 1 aromatic carbocycles. The molecule has 2 N–H and O–H groups in total. The minimum atomic E-state index is -0.197. The molecule has 0 aliphatic rings. The molecule has 5 nitrogen and oxygen atoms in total. The molecule has 0 aromatic heterocycles. The van der Waals surface area contributed by atoms with Crippen LogP contribution in [0.2, 0.25) is 0 Å². The summed E-state index contributed by atoms with van der Waals surface area (Å²) in [4.78, 5) is 11.4. The van der Waals surface area contributed by atoms with Crippen molar-refractivity contribution in [3.05, 3.63) is 29.8 Å². The SMILES string of the molecule is N#Cc1ccc(OCC(=O)NCCCCO)cc1. The first-order valence-corrected chi connectivity index (χ1v) is 5.77. The third kappa shape index (κ3) is 5.32. The molecule has 1 rings (SSSR count). The van der Waals surface area contributed by atoms with E-state index in [0.29, 0.717) is 24.3 Å². The molecule has 96 valence electrons. The predicted octanol–water partition coefficient (Wildman–Crippen LogP) is 0.826. The lowest BCUT2D eigenvalue weighted by molar-refractivity contribution is -0.123. The van der Waals surface area contributed by atoms with Gasteiger partial charge in [-0.25, -0.2) is 0 Å². The number of nitriles is 1. The maximum Gasteiger partial charge on any atom is 0.257 e. The summed E-state index contributed by atoms with van der Waals surface area (Å²) in [5.74, 6) is 0.358. The maximum atomic E-state index is 11.4. The Hall–Kier alpha value is -2.06. The van der Waals surface area contributed by atoms with Crippen LogP contribution in [0.25, 0.3) is 0 Å². The number of carbonyl (C=O) groups is 1. The molecule has 0 saturated carbocycles. The summed E-state index contributed by atoms with van der Waals surface area (Å²) in [5, 5.41) is 19.9. The quantitative estimate of drug-likeness (QED) is 0.700. The van der Waals surface area contributed by atoms with Crippen molar-refractivity contribution in [2.45, 2.75) is 12.8 Å². The molecule has 18 heavy (non-hydrogen) atoms. The third-order valence-electron chi connectivity index (χ3n) is 2.26. The van der Waals surface area contributed by atoms with Crippen LogP contribution in [0.15, 0.2) is 24.3 Å². The molecular formula is C13H16N2O3. The normalized spacial score (nSPS) is 9.56. The van der Waals surface area contributed by atoms with E-state index < -0.39 is 0 Å². The number of hydrogen-bond donors (Lipinski definition) is 2. The summed E-state index contributed by atoms with van der Waals surface area (Å²) in [6.07, 6.45) is 1.43. The molecule has 0 heterocycles. The zero-order chi connectivity index (χ0) is 13.2. The minimum Gasteiger partial charge on any atom is -0.484 e. The fourth-order valence-corrected chi connectivity index (χ4v) is 1.29. The number of ether oxygens (including phenoxy) is 1. The predicted molar refractivity (Wildman–Crippen MR) is 66.0 cm³/mol. The number of nitrogens with one attached hydrogen (secondary N) is 1. The van der Waals surface area contributed by atoms with Gasteiger partial charge in [-0.15, -0.1) is 0 Å². The summed E-state index contributed by atoms with van der Waals surface area (Å²) in [6.45, 7) is 0.624. The molecule has 0 bridgehead atoms. The van der Waals surface area contributed by atoms with Gasteiger partial charge in [0, 0.05) is 13.2 Å². The van der Waals surface area contributed by atoms with Gasteiger partial charge in [0.15, 0.2) is 6.61 Å². The molecular weight excluding hydrogens is 232 g/mol. The smallest absolute Gasteiger partial charge is 0.257 e. The first kappa shape index (κ1) is 14.0. The fourth-order valence-electron chi connectivity index (χ4n) is 1.29. The third-order valence-corrected chi connectivity index (χ3v) is 2.26. The number of hydrogen-bond acceptors (Lipinski definition) is 4. The number of rotatable bonds is 7. The maximum absolute atomic E-state index is 11.4. The van der Waals surface area contributed by atoms with Crippen molar-refractivity contribution in [1.29, 1.82) is 5.26 Å². The van der Waals surface area contributed by atoms with Crippen molar-refractivity contribution >= 4 is 5.91 Å². The van der Waals surface area contributed by atoms with Crippen molar-refractivity contribution in [3.63, 3.8) is 0 Å². The highest BCUT2D eigenvalue weighted by Crippen LogP contribution is 2.11. The molecule has 5 heteroatoms. The zero-order valence-corrected chi connectivity index (χ0v) is 10.1. The van der Waals surface area contributed by atoms with Crippen LogP contribution in [0.5, 0.6) is 5.75 Å². The monoisotopic (exact) mass is 248 g/mol. The second kappa shape index (κ2) is 8.09. The number of aliphatic hydroxyl groups excluding tert-OH is 1. The molecule has 0 atom stereocenters. The summed E-state index contributed by atoms with van der Waals surface area (Å²) >= 11 is 0. The van der Waals surface area contributed by atoms with Crippen LogP contribution in [-0.2, 0) is 4.79 Å². The highest BCUT2D eigenvalue weighted by atomic mass is 16.5. The Bertz CT molecular complexity index is 409. The molecule has 1 aromatic rings. The van der Waals surface area contributed by atoms with E-state index >= 15 is 0 Å². The number of carbonyl (C=O) groups excluding carboxylic acids is 1. The lowest BCUT2D eigenvalue weighted by Gasteiger charge is -2.07. The second-order valence-electron chi connectivity index (χ2n) is 3.71. The van der Waals surface area contributed by atoms with E-state index in [1.54, 1.807) is 24.3 Å². The fraction of sp³-hybridized carbons (Fsp3) is 0.385. The van der Waals surface area contributed by atoms with Crippen LogP contribution in [0.4, 0.5) is 0 Å². The average Bonchev–Trinajstić information content (AvgIpc) is 2.42. The van der Waals surface area contributed by atoms with Crippen LogP contribution < -0.4 is 10.1 Å². The van der Waals surface area contributed by atoms with Crippen molar-refractivity contribution in [1.82, 2.24) is 5.32 Å². The van der Waals surface area contributed by atoms with Crippen molar-refractivity contribution in [3.8, 4) is 11.8 Å². The number of benzene rings is 1. The van der Waals surface area contributed by atoms with Crippen LogP contribution in [-0.4, -0.2) is 30.8 Å². The lowest BCUT2D eigenvalue weighted by Crippen LogP contribution is -2.29. The van der Waals surface area contributed by atoms with Crippen molar-refractivity contribution in [2.75, 3.05) is 19.8 Å². The number of aliphatic hydroxyl groups is 1. The Kier molecular flexibility index (Phi) is 6.30. The number of amides is 1. The first-order valence-electron chi connectivity index (χ1n) is 5.77. The van der Waals surface area contributed by atoms with E-state index in [4.69, 9.17) is 15.1 Å². The molecule has 0 aliphatic heterocycles. The topological polar surface area (TPSA) is 82.3 Å². The van der Waals surface area contributed by atoms with Gasteiger partial charge in [0.1, 0.15) is 5.75 Å². The average molecular weight is 248 g/mol. The highest BCUT2D eigenvalue weighted by Gasteiger charge is 2.02. The summed E-state index contributed by atoms with van der Waals surface area (Å²) in [5.41, 5.74) is 0.552. The van der Waals surface area contributed by atoms with E-state index in [1.165, 1.54) is 0 Å². The van der Waals surface area contributed by atoms with Gasteiger partial charge in [0.25, 0.3) is 5.91 Å². The molecule has 0 fully saturated rings. The number of nitrogens with zero attached hydrogens (tertiary/aromatic N) is 1. The highest BCUT2D eigenvalue weighted by molar-refractivity contribution is 5.77. The summed E-state index contributed by atoms with van der Waals surface area (Å²) in [7, 11) is 0. The first-order chi connectivity index (χ1) is 8.76. The molecule has 0 aliphatic carbocycles. The van der Waals surface area contributed by atoms with Gasteiger partial charge >= 0.3 is 0 Å².